The van der Waals surface area contributed by atoms with E-state index in [2.05, 4.69) is 43.0 Å². The fourth-order valence-corrected chi connectivity index (χ4v) is 10.1. The van der Waals surface area contributed by atoms with E-state index in [0.29, 0.717) is 35.9 Å². The van der Waals surface area contributed by atoms with Gasteiger partial charge < -0.3 is 19.9 Å². The topological polar surface area (TPSA) is 94.5 Å². The van der Waals surface area contributed by atoms with E-state index in [4.69, 9.17) is 20.9 Å². The lowest BCUT2D eigenvalue weighted by Gasteiger charge is -2.64. The van der Waals surface area contributed by atoms with E-state index >= 15 is 0 Å². The summed E-state index contributed by atoms with van der Waals surface area (Å²) in [4.78, 5) is 33.2. The summed E-state index contributed by atoms with van der Waals surface area (Å²) >= 11 is 6.89. The molecule has 1 amide bonds. The fourth-order valence-electron chi connectivity index (χ4n) is 9.77. The van der Waals surface area contributed by atoms with Crippen LogP contribution in [0.5, 0.6) is 0 Å². The number of nitrogens with one attached hydrogen (secondary N) is 2. The molecule has 5 aliphatic rings. The number of carbonyl (C=O) groups is 1. The van der Waals surface area contributed by atoms with Crippen molar-refractivity contribution in [3.63, 3.8) is 0 Å². The third-order valence-corrected chi connectivity index (χ3v) is 13.2. The Morgan fingerprint density at radius 3 is 2.46 bits per heavy atom. The van der Waals surface area contributed by atoms with Crippen molar-refractivity contribution in [2.45, 2.75) is 95.2 Å². The second-order valence-electron chi connectivity index (χ2n) is 16.6. The van der Waals surface area contributed by atoms with Gasteiger partial charge >= 0.3 is 13.3 Å². The number of amides is 1. The molecule has 3 unspecified atom stereocenters. The van der Waals surface area contributed by atoms with Crippen LogP contribution in [-0.2, 0) is 33.2 Å². The first-order chi connectivity index (χ1) is 26.7. The van der Waals surface area contributed by atoms with Crippen LogP contribution in [0.4, 0.5) is 19.0 Å². The lowest BCUT2D eigenvalue weighted by Crippen LogP contribution is -2.65. The molecule has 3 saturated carbocycles. The number of fused-ring (bicyclic) bond motifs is 1. The Bertz CT molecular complexity index is 2200. The van der Waals surface area contributed by atoms with Crippen LogP contribution in [-0.4, -0.2) is 40.2 Å². The van der Waals surface area contributed by atoms with Crippen molar-refractivity contribution in [3.05, 3.63) is 129 Å². The van der Waals surface area contributed by atoms with E-state index in [-0.39, 0.29) is 41.4 Å². The predicted molar refractivity (Wildman–Crippen MR) is 211 cm³/mol. The summed E-state index contributed by atoms with van der Waals surface area (Å²) in [5, 5.41) is 6.10. The highest BCUT2D eigenvalue weighted by Gasteiger charge is 2.68. The maximum atomic E-state index is 14.5. The summed E-state index contributed by atoms with van der Waals surface area (Å²) in [5.74, 6) is -0.573. The summed E-state index contributed by atoms with van der Waals surface area (Å²) in [6.07, 6.45) is 0.231. The quantitative estimate of drug-likeness (QED) is 0.117. The molecule has 7 atom stereocenters. The minimum Gasteiger partial charge on any atom is -0.404 e. The van der Waals surface area contributed by atoms with Gasteiger partial charge in [0.25, 0.3) is 5.56 Å². The maximum absolute atomic E-state index is 14.5. The second kappa shape index (κ2) is 14.5. The molecule has 4 aromatic rings. The summed E-state index contributed by atoms with van der Waals surface area (Å²) in [6.45, 7) is 10.5. The molecule has 13 heteroatoms. The Morgan fingerprint density at radius 1 is 1.04 bits per heavy atom. The van der Waals surface area contributed by atoms with E-state index in [1.807, 2.05) is 54.6 Å². The van der Waals surface area contributed by atoms with Gasteiger partial charge in [-0.05, 0) is 90.7 Å². The minimum absolute atomic E-state index is 0.0426. The number of carbonyl (C=O) groups excluding carboxylic acids is 1. The number of aromatic nitrogens is 2. The molecule has 3 aromatic carbocycles. The van der Waals surface area contributed by atoms with E-state index < -0.39 is 47.9 Å². The van der Waals surface area contributed by atoms with Gasteiger partial charge in [-0.3, -0.25) is 14.2 Å². The Hall–Kier alpha value is -4.39. The summed E-state index contributed by atoms with van der Waals surface area (Å²) in [6, 6.07) is 22.1. The zero-order chi connectivity index (χ0) is 39.6. The van der Waals surface area contributed by atoms with Crippen molar-refractivity contribution >= 4 is 30.4 Å². The Kier molecular flexibility index (Phi) is 9.98. The van der Waals surface area contributed by atoms with Gasteiger partial charge in [0, 0.05) is 12.5 Å². The highest BCUT2D eigenvalue weighted by Crippen LogP contribution is 2.65. The first-order valence-corrected chi connectivity index (χ1v) is 19.7. The Morgan fingerprint density at radius 2 is 1.77 bits per heavy atom. The van der Waals surface area contributed by atoms with Crippen LogP contribution in [0.2, 0.25) is 5.15 Å². The minimum atomic E-state index is -4.52. The van der Waals surface area contributed by atoms with Gasteiger partial charge in [0.15, 0.2) is 11.0 Å². The van der Waals surface area contributed by atoms with Crippen molar-refractivity contribution in [1.29, 1.82) is 0 Å². The molecule has 0 spiro atoms. The highest BCUT2D eigenvalue weighted by atomic mass is 35.5. The number of hydrogen-bond acceptors (Lipinski definition) is 6. The zero-order valence-corrected chi connectivity index (χ0v) is 32.4. The molecule has 3 aliphatic carbocycles. The standard InChI is InChI=1S/C43H45BClF3N4O4/c1-5-10-35(44-55-34-23-31-22-33(41(31,2)3)42(34,4)56-44)50-39(53)32-21-29(19-25-15-17-28(18-16-25)27-12-7-6-8-13-27)36-37(45)51-38(40(54)52(32)36)49-24-26-11-9-14-30(20-26)43(46,47)48/h5-9,11-18,20,29,31-35H,1,10,19,21-24H2,2-4H3,(H,49,51)(H,50,53)/t29-,31?,32+,33?,34?,35+,42-/m1/s1. The number of hydrogen-bond donors (Lipinski definition) is 2. The van der Waals surface area contributed by atoms with Crippen LogP contribution >= 0.6 is 11.6 Å². The molecule has 8 nitrogen and oxygen atoms in total. The SMILES string of the molecule is C=CC[C@H](NC(=O)[C@@H]1C[C@@H](Cc2ccc(-c3ccccc3)cc2)c2c(Cl)nc(NCc3cccc(C(F)(F)F)c3)c(=O)n21)B1OC2CC3CC(C3(C)C)[C@@]2(C)O1. The summed E-state index contributed by atoms with van der Waals surface area (Å²) in [5.41, 5.74) is 2.14. The molecule has 2 N–H and O–H groups in total. The summed E-state index contributed by atoms with van der Waals surface area (Å²) < 4.78 is 55.0. The lowest BCUT2D eigenvalue weighted by molar-refractivity contribution is -0.199. The first kappa shape index (κ1) is 38.5. The molecular formula is C43H45BClF3N4O4. The van der Waals surface area contributed by atoms with Crippen LogP contribution in [0.25, 0.3) is 11.1 Å². The van der Waals surface area contributed by atoms with Gasteiger partial charge in [-0.1, -0.05) is 98.3 Å². The van der Waals surface area contributed by atoms with Crippen LogP contribution in [0, 0.1) is 17.3 Å². The highest BCUT2D eigenvalue weighted by molar-refractivity contribution is 6.48. The van der Waals surface area contributed by atoms with Crippen molar-refractivity contribution in [2.75, 3.05) is 5.32 Å². The van der Waals surface area contributed by atoms with Gasteiger partial charge in [-0.2, -0.15) is 13.2 Å². The van der Waals surface area contributed by atoms with Crippen LogP contribution in [0.3, 0.4) is 0 Å². The summed E-state index contributed by atoms with van der Waals surface area (Å²) in [7, 11) is -0.704. The second-order valence-corrected chi connectivity index (χ2v) is 16.9. The van der Waals surface area contributed by atoms with E-state index in [1.165, 1.54) is 16.7 Å². The number of nitrogens with zero attached hydrogens (tertiary/aromatic N) is 2. The third-order valence-electron chi connectivity index (χ3n) is 12.9. The van der Waals surface area contributed by atoms with Crippen molar-refractivity contribution < 1.29 is 27.3 Å². The van der Waals surface area contributed by atoms with E-state index in [1.54, 1.807) is 6.08 Å². The number of rotatable bonds is 11. The Labute approximate surface area is 330 Å². The third kappa shape index (κ3) is 6.87. The molecular weight excluding hydrogens is 740 g/mol. The molecule has 3 heterocycles. The molecule has 56 heavy (non-hydrogen) atoms. The molecule has 0 radical (unpaired) electrons. The van der Waals surface area contributed by atoms with Crippen molar-refractivity contribution in [2.24, 2.45) is 17.3 Å². The first-order valence-electron chi connectivity index (χ1n) is 19.3. The molecule has 1 saturated heterocycles. The zero-order valence-electron chi connectivity index (χ0n) is 31.6. The number of benzene rings is 3. The monoisotopic (exact) mass is 784 g/mol. The molecule has 9 rings (SSSR count). The van der Waals surface area contributed by atoms with Crippen LogP contribution < -0.4 is 16.2 Å². The maximum Gasteiger partial charge on any atom is 0.482 e. The van der Waals surface area contributed by atoms with Crippen LogP contribution in [0.15, 0.2) is 96.3 Å². The van der Waals surface area contributed by atoms with E-state index in [9.17, 15) is 22.8 Å². The van der Waals surface area contributed by atoms with Crippen molar-refractivity contribution in [3.8, 4) is 11.1 Å². The normalized spacial score (nSPS) is 26.5. The smallest absolute Gasteiger partial charge is 0.404 e. The number of anilines is 1. The van der Waals surface area contributed by atoms with Gasteiger partial charge in [-0.25, -0.2) is 4.98 Å². The van der Waals surface area contributed by atoms with Gasteiger partial charge in [0.05, 0.1) is 28.9 Å². The lowest BCUT2D eigenvalue weighted by atomic mass is 9.43. The molecule has 4 fully saturated rings. The predicted octanol–water partition coefficient (Wildman–Crippen LogP) is 8.79. The van der Waals surface area contributed by atoms with Gasteiger partial charge in [0.2, 0.25) is 5.91 Å². The Balaban J connectivity index is 1.08. The average Bonchev–Trinajstić information content (AvgIpc) is 3.74. The number of halogens is 4. The molecule has 1 aromatic heterocycles. The molecule has 2 bridgehead atoms. The molecule has 2 aliphatic heterocycles. The van der Waals surface area contributed by atoms with Crippen LogP contribution in [0.1, 0.15) is 80.8 Å². The van der Waals surface area contributed by atoms with Crippen molar-refractivity contribution in [1.82, 2.24) is 14.9 Å². The largest absolute Gasteiger partial charge is 0.482 e. The van der Waals surface area contributed by atoms with E-state index in [0.717, 1.165) is 41.7 Å². The number of alkyl halides is 3. The van der Waals surface area contributed by atoms with Gasteiger partial charge in [0.1, 0.15) is 6.04 Å². The van der Waals surface area contributed by atoms with Gasteiger partial charge in [-0.15, -0.1) is 6.58 Å². The average molecular weight is 785 g/mol. The fraction of sp³-hybridized carbons (Fsp3) is 0.419. The molecule has 292 valence electrons.